The molecule has 4 rings (SSSR count). The van der Waals surface area contributed by atoms with E-state index < -0.39 is 4.92 Å². The van der Waals surface area contributed by atoms with Gasteiger partial charge in [-0.05, 0) is 24.3 Å². The minimum atomic E-state index is -0.572. The van der Waals surface area contributed by atoms with Crippen molar-refractivity contribution in [2.75, 3.05) is 4.90 Å². The lowest BCUT2D eigenvalue weighted by Crippen LogP contribution is -2.33. The normalized spacial score (nSPS) is 32.0. The number of hydrogen-bond donors (Lipinski definition) is 0. The van der Waals surface area contributed by atoms with E-state index in [1.165, 1.54) is 18.2 Å². The summed E-state index contributed by atoms with van der Waals surface area (Å²) >= 11 is 6.07. The number of nitrogens with zero attached hydrogens (tertiary/aromatic N) is 2. The maximum absolute atomic E-state index is 12.7. The lowest BCUT2D eigenvalue weighted by molar-refractivity contribution is -0.384. The lowest BCUT2D eigenvalue weighted by atomic mass is 9.85. The second-order valence-electron chi connectivity index (χ2n) is 5.90. The molecule has 3 aliphatic rings. The van der Waals surface area contributed by atoms with E-state index >= 15 is 0 Å². The third-order valence-electron chi connectivity index (χ3n) is 4.85. The highest BCUT2D eigenvalue weighted by Crippen LogP contribution is 2.53. The first kappa shape index (κ1) is 13.5. The van der Waals surface area contributed by atoms with Gasteiger partial charge in [-0.3, -0.25) is 19.7 Å². The summed E-state index contributed by atoms with van der Waals surface area (Å²) in [6, 6.07) is 3.79. The maximum atomic E-state index is 12.7. The molecule has 2 amide bonds. The number of hydrogen-bond acceptors (Lipinski definition) is 4. The van der Waals surface area contributed by atoms with Crippen molar-refractivity contribution < 1.29 is 14.5 Å². The number of halogens is 1. The maximum Gasteiger partial charge on any atom is 0.271 e. The molecule has 7 heteroatoms. The number of imide groups is 1. The van der Waals surface area contributed by atoms with Gasteiger partial charge in [0.05, 0.1) is 27.5 Å². The van der Waals surface area contributed by atoms with Crippen LogP contribution < -0.4 is 4.90 Å². The highest BCUT2D eigenvalue weighted by Gasteiger charge is 2.59. The molecule has 1 aromatic rings. The van der Waals surface area contributed by atoms with Crippen molar-refractivity contribution in [1.82, 2.24) is 0 Å². The molecule has 1 aromatic carbocycles. The van der Waals surface area contributed by atoms with Gasteiger partial charge in [-0.15, -0.1) is 0 Å². The Hall–Kier alpha value is -2.21. The SMILES string of the molecule is O=C1[C@@H]2[C@@H](C(=O)N1c1cc([N+](=O)[O-])ccc1Cl)[C@H]1C=C[C@@H]2C1. The molecular formula is C15H11ClN2O4. The summed E-state index contributed by atoms with van der Waals surface area (Å²) < 4.78 is 0. The van der Waals surface area contributed by atoms with E-state index in [0.717, 1.165) is 11.3 Å². The molecule has 2 fully saturated rings. The summed E-state index contributed by atoms with van der Waals surface area (Å²) in [5.74, 6) is -1.11. The van der Waals surface area contributed by atoms with E-state index in [2.05, 4.69) is 0 Å². The van der Waals surface area contributed by atoms with Crippen molar-refractivity contribution in [2.45, 2.75) is 6.42 Å². The molecule has 0 N–H and O–H groups in total. The molecule has 0 aromatic heterocycles. The number of benzene rings is 1. The summed E-state index contributed by atoms with van der Waals surface area (Å²) in [4.78, 5) is 36.7. The topological polar surface area (TPSA) is 80.5 Å². The van der Waals surface area contributed by atoms with Gasteiger partial charge < -0.3 is 0 Å². The van der Waals surface area contributed by atoms with Crippen molar-refractivity contribution in [3.8, 4) is 0 Å². The standard InChI is InChI=1S/C15H11ClN2O4/c16-10-4-3-9(18(21)22)6-11(10)17-14(19)12-7-1-2-8(5-7)13(12)15(17)20/h1-4,6-8,12-13H,5H2/t7-,8+,12-,13-/m0/s1. The number of carbonyl (C=O) groups is 2. The van der Waals surface area contributed by atoms with E-state index in [1.54, 1.807) is 0 Å². The largest absolute Gasteiger partial charge is 0.274 e. The van der Waals surface area contributed by atoms with Crippen LogP contribution in [0.3, 0.4) is 0 Å². The number of amides is 2. The molecule has 6 nitrogen and oxygen atoms in total. The van der Waals surface area contributed by atoms with Crippen LogP contribution in [0.25, 0.3) is 0 Å². The number of fused-ring (bicyclic) bond motifs is 5. The van der Waals surface area contributed by atoms with E-state index in [-0.39, 0.29) is 51.9 Å². The molecule has 0 spiro atoms. The van der Waals surface area contributed by atoms with Crippen LogP contribution in [0.15, 0.2) is 30.4 Å². The van der Waals surface area contributed by atoms with Crippen LogP contribution in [0, 0.1) is 33.8 Å². The van der Waals surface area contributed by atoms with Crippen LogP contribution in [0.1, 0.15) is 6.42 Å². The van der Waals surface area contributed by atoms with Gasteiger partial charge in [0, 0.05) is 12.1 Å². The summed E-state index contributed by atoms with van der Waals surface area (Å²) in [6.07, 6.45) is 4.83. The molecule has 2 bridgehead atoms. The number of anilines is 1. The fourth-order valence-corrected chi connectivity index (χ4v) is 4.13. The Labute approximate surface area is 130 Å². The van der Waals surface area contributed by atoms with Crippen molar-refractivity contribution in [3.63, 3.8) is 0 Å². The second kappa shape index (κ2) is 4.39. The zero-order chi connectivity index (χ0) is 15.6. The Bertz CT molecular complexity index is 730. The zero-order valence-electron chi connectivity index (χ0n) is 11.3. The average molecular weight is 319 g/mol. The van der Waals surface area contributed by atoms with Gasteiger partial charge in [0.1, 0.15) is 0 Å². The van der Waals surface area contributed by atoms with E-state index in [1.807, 2.05) is 12.2 Å². The predicted octanol–water partition coefficient (Wildman–Crippen LogP) is 2.56. The summed E-state index contributed by atoms with van der Waals surface area (Å²) in [5, 5.41) is 11.1. The van der Waals surface area contributed by atoms with Gasteiger partial charge >= 0.3 is 0 Å². The number of allylic oxidation sites excluding steroid dienone is 2. The van der Waals surface area contributed by atoms with Crippen molar-refractivity contribution in [3.05, 3.63) is 45.5 Å². The van der Waals surface area contributed by atoms with E-state index in [0.29, 0.717) is 0 Å². The predicted molar refractivity (Wildman–Crippen MR) is 78.3 cm³/mol. The third-order valence-corrected chi connectivity index (χ3v) is 5.17. The Kier molecular flexibility index (Phi) is 2.69. The number of carbonyl (C=O) groups excluding carboxylic acids is 2. The fourth-order valence-electron chi connectivity index (χ4n) is 3.93. The van der Waals surface area contributed by atoms with Crippen LogP contribution in [0.4, 0.5) is 11.4 Å². The molecule has 1 saturated heterocycles. The monoisotopic (exact) mass is 318 g/mol. The zero-order valence-corrected chi connectivity index (χ0v) is 12.1. The molecule has 0 radical (unpaired) electrons. The number of non-ortho nitro benzene ring substituents is 1. The molecule has 1 saturated carbocycles. The molecule has 1 heterocycles. The van der Waals surface area contributed by atoms with Gasteiger partial charge in [-0.25, -0.2) is 4.90 Å². The van der Waals surface area contributed by atoms with Crippen LogP contribution in [0.5, 0.6) is 0 Å². The average Bonchev–Trinajstić information content (AvgIpc) is 3.14. The molecule has 2 aliphatic carbocycles. The van der Waals surface area contributed by atoms with Gasteiger partial charge in [-0.1, -0.05) is 23.8 Å². The van der Waals surface area contributed by atoms with Crippen LogP contribution in [-0.4, -0.2) is 16.7 Å². The van der Waals surface area contributed by atoms with Gasteiger partial charge in [0.15, 0.2) is 0 Å². The van der Waals surface area contributed by atoms with Crippen LogP contribution >= 0.6 is 11.6 Å². The molecule has 1 aliphatic heterocycles. The molecular weight excluding hydrogens is 308 g/mol. The molecule has 0 unspecified atom stereocenters. The minimum Gasteiger partial charge on any atom is -0.274 e. The van der Waals surface area contributed by atoms with Crippen LogP contribution in [0.2, 0.25) is 5.02 Å². The highest BCUT2D eigenvalue weighted by molar-refractivity contribution is 6.36. The molecule has 4 atom stereocenters. The first-order chi connectivity index (χ1) is 10.5. The van der Waals surface area contributed by atoms with Gasteiger partial charge in [0.2, 0.25) is 11.8 Å². The number of nitro benzene ring substituents is 1. The van der Waals surface area contributed by atoms with Crippen molar-refractivity contribution >= 4 is 34.8 Å². The van der Waals surface area contributed by atoms with Crippen molar-refractivity contribution in [2.24, 2.45) is 23.7 Å². The fraction of sp³-hybridized carbons (Fsp3) is 0.333. The minimum absolute atomic E-state index is 0.0916. The summed E-state index contributed by atoms with van der Waals surface area (Å²) in [5.41, 5.74) is -0.0853. The summed E-state index contributed by atoms with van der Waals surface area (Å²) in [6.45, 7) is 0. The highest BCUT2D eigenvalue weighted by atomic mass is 35.5. The Morgan fingerprint density at radius 2 is 1.73 bits per heavy atom. The van der Waals surface area contributed by atoms with Gasteiger partial charge in [-0.2, -0.15) is 0 Å². The van der Waals surface area contributed by atoms with Crippen molar-refractivity contribution in [1.29, 1.82) is 0 Å². The second-order valence-corrected chi connectivity index (χ2v) is 6.31. The van der Waals surface area contributed by atoms with Crippen LogP contribution in [-0.2, 0) is 9.59 Å². The smallest absolute Gasteiger partial charge is 0.271 e. The lowest BCUT2D eigenvalue weighted by Gasteiger charge is -2.18. The van der Waals surface area contributed by atoms with Gasteiger partial charge in [0.25, 0.3) is 5.69 Å². The third kappa shape index (κ3) is 1.61. The number of rotatable bonds is 2. The first-order valence-electron chi connectivity index (χ1n) is 6.99. The quantitative estimate of drug-likeness (QED) is 0.363. The Morgan fingerprint density at radius 3 is 2.27 bits per heavy atom. The molecule has 112 valence electrons. The Balaban J connectivity index is 1.79. The first-order valence-corrected chi connectivity index (χ1v) is 7.37. The number of nitro groups is 1. The summed E-state index contributed by atoms with van der Waals surface area (Å²) in [7, 11) is 0. The van der Waals surface area contributed by atoms with E-state index in [4.69, 9.17) is 11.6 Å². The molecule has 22 heavy (non-hydrogen) atoms. The van der Waals surface area contributed by atoms with E-state index in [9.17, 15) is 19.7 Å². The Morgan fingerprint density at radius 1 is 1.14 bits per heavy atom.